The third-order valence-corrected chi connectivity index (χ3v) is 6.14. The van der Waals surface area contributed by atoms with Crippen LogP contribution in [0.15, 0.2) is 47.5 Å². The number of aliphatic hydroxyl groups excluding tert-OH is 1. The first-order chi connectivity index (χ1) is 14.8. The number of hydrogen-bond acceptors (Lipinski definition) is 6. The highest BCUT2D eigenvalue weighted by Crippen LogP contribution is 2.38. The van der Waals surface area contributed by atoms with Gasteiger partial charge in [0.25, 0.3) is 11.8 Å². The van der Waals surface area contributed by atoms with Gasteiger partial charge in [-0.25, -0.2) is 4.90 Å². The fraction of sp³-hybridized carbons (Fsp3) is 0.333. The molecule has 3 heterocycles. The largest absolute Gasteiger partial charge is 0.573 e. The van der Waals surface area contributed by atoms with Crippen molar-refractivity contribution in [1.82, 2.24) is 4.90 Å². The lowest BCUT2D eigenvalue weighted by Crippen LogP contribution is -2.40. The molecule has 6 nitrogen and oxygen atoms in total. The number of aliphatic hydroxyl groups is 1. The van der Waals surface area contributed by atoms with E-state index in [1.807, 2.05) is 4.90 Å². The van der Waals surface area contributed by atoms with E-state index in [9.17, 15) is 27.9 Å². The van der Waals surface area contributed by atoms with Crippen LogP contribution in [0.5, 0.6) is 5.75 Å². The Kier molecular flexibility index (Phi) is 5.76. The van der Waals surface area contributed by atoms with E-state index in [1.54, 1.807) is 17.5 Å². The maximum Gasteiger partial charge on any atom is 0.573 e. The lowest BCUT2D eigenvalue weighted by Gasteiger charge is -2.34. The molecule has 0 bridgehead atoms. The zero-order valence-electron chi connectivity index (χ0n) is 16.3. The van der Waals surface area contributed by atoms with E-state index in [4.69, 9.17) is 0 Å². The number of carbonyl (C=O) groups excluding carboxylic acids is 2. The molecule has 31 heavy (non-hydrogen) atoms. The van der Waals surface area contributed by atoms with Gasteiger partial charge in [0.15, 0.2) is 0 Å². The highest BCUT2D eigenvalue weighted by atomic mass is 32.1. The number of likely N-dealkylation sites (tertiary alicyclic amines) is 1. The standard InChI is InChI=1S/C21H19F3N2O4S/c22-21(23,24)30-15-7-5-14(6-8-15)26-19(28)17(16-4-2-10-31-16)18(20(26)29)25-9-1-3-13(11-25)12-27/h2,4-8,10,13,27H,1,3,9,11-12H2. The van der Waals surface area contributed by atoms with Crippen LogP contribution in [0.3, 0.4) is 0 Å². The maximum absolute atomic E-state index is 13.4. The third-order valence-electron chi connectivity index (χ3n) is 5.25. The number of anilines is 1. The molecule has 1 aromatic heterocycles. The summed E-state index contributed by atoms with van der Waals surface area (Å²) in [6, 6.07) is 8.16. The van der Waals surface area contributed by atoms with Gasteiger partial charge in [0.1, 0.15) is 11.4 Å². The summed E-state index contributed by atoms with van der Waals surface area (Å²) in [4.78, 5) is 30.1. The van der Waals surface area contributed by atoms with Crippen LogP contribution in [0.2, 0.25) is 0 Å². The van der Waals surface area contributed by atoms with Gasteiger partial charge >= 0.3 is 6.36 Å². The number of hydrogen-bond donors (Lipinski definition) is 1. The number of thiophene rings is 1. The molecule has 2 aliphatic rings. The summed E-state index contributed by atoms with van der Waals surface area (Å²) in [5.74, 6) is -1.50. The topological polar surface area (TPSA) is 70.1 Å². The second-order valence-electron chi connectivity index (χ2n) is 7.33. The molecular formula is C21H19F3N2O4S. The van der Waals surface area contributed by atoms with Gasteiger partial charge in [-0.05, 0) is 54.5 Å². The van der Waals surface area contributed by atoms with Crippen molar-refractivity contribution in [1.29, 1.82) is 0 Å². The molecule has 0 radical (unpaired) electrons. The molecule has 2 aliphatic heterocycles. The molecule has 1 N–H and O–H groups in total. The Bertz CT molecular complexity index is 1000. The molecule has 1 atom stereocenters. The minimum atomic E-state index is -4.83. The van der Waals surface area contributed by atoms with Crippen LogP contribution in [-0.2, 0) is 9.59 Å². The van der Waals surface area contributed by atoms with Crippen molar-refractivity contribution in [3.05, 3.63) is 52.4 Å². The predicted molar refractivity (Wildman–Crippen MR) is 108 cm³/mol. The molecule has 1 fully saturated rings. The van der Waals surface area contributed by atoms with Crippen molar-refractivity contribution >= 4 is 34.4 Å². The van der Waals surface area contributed by atoms with Gasteiger partial charge < -0.3 is 14.7 Å². The van der Waals surface area contributed by atoms with E-state index >= 15 is 0 Å². The van der Waals surface area contributed by atoms with Gasteiger partial charge in [-0.2, -0.15) is 0 Å². The minimum Gasteiger partial charge on any atom is -0.406 e. The molecule has 0 saturated carbocycles. The third kappa shape index (κ3) is 4.31. The smallest absolute Gasteiger partial charge is 0.406 e. The molecule has 1 aromatic carbocycles. The predicted octanol–water partition coefficient (Wildman–Crippen LogP) is 3.64. The summed E-state index contributed by atoms with van der Waals surface area (Å²) < 4.78 is 41.1. The number of imide groups is 1. The van der Waals surface area contributed by atoms with Crippen LogP contribution in [-0.4, -0.2) is 47.9 Å². The second-order valence-corrected chi connectivity index (χ2v) is 8.27. The minimum absolute atomic E-state index is 0.00147. The van der Waals surface area contributed by atoms with Crippen molar-refractivity contribution < 1.29 is 32.6 Å². The van der Waals surface area contributed by atoms with Crippen molar-refractivity contribution in [2.24, 2.45) is 5.92 Å². The van der Waals surface area contributed by atoms with Crippen LogP contribution in [0.25, 0.3) is 5.57 Å². The van der Waals surface area contributed by atoms with Crippen molar-refractivity contribution in [2.45, 2.75) is 19.2 Å². The molecule has 2 amide bonds. The van der Waals surface area contributed by atoms with E-state index in [0.717, 1.165) is 29.9 Å². The number of ether oxygens (including phenoxy) is 1. The zero-order chi connectivity index (χ0) is 22.2. The molecule has 1 unspecified atom stereocenters. The highest BCUT2D eigenvalue weighted by molar-refractivity contribution is 7.11. The van der Waals surface area contributed by atoms with Crippen molar-refractivity contribution in [3.8, 4) is 5.75 Å². The summed E-state index contributed by atoms with van der Waals surface area (Å²) >= 11 is 1.33. The summed E-state index contributed by atoms with van der Waals surface area (Å²) in [5.41, 5.74) is 0.694. The monoisotopic (exact) mass is 452 g/mol. The molecule has 0 aliphatic carbocycles. The normalized spacial score (nSPS) is 20.1. The fourth-order valence-corrected chi connectivity index (χ4v) is 4.67. The average molecular weight is 452 g/mol. The van der Waals surface area contributed by atoms with Crippen LogP contribution in [0, 0.1) is 5.92 Å². The molecular weight excluding hydrogens is 433 g/mol. The maximum atomic E-state index is 13.4. The number of carbonyl (C=O) groups is 2. The van der Waals surface area contributed by atoms with Gasteiger partial charge in [-0.3, -0.25) is 9.59 Å². The number of nitrogens with zero attached hydrogens (tertiary/aromatic N) is 2. The van der Waals surface area contributed by atoms with E-state index in [2.05, 4.69) is 4.74 Å². The number of rotatable bonds is 5. The van der Waals surface area contributed by atoms with E-state index in [1.165, 1.54) is 23.5 Å². The molecule has 164 valence electrons. The summed E-state index contributed by atoms with van der Waals surface area (Å²) in [6.07, 6.45) is -3.22. The fourth-order valence-electron chi connectivity index (χ4n) is 3.90. The Morgan fingerprint density at radius 1 is 1.13 bits per heavy atom. The summed E-state index contributed by atoms with van der Waals surface area (Å²) in [6.45, 7) is 1.02. The SMILES string of the molecule is O=C1C(c2cccs2)=C(N2CCCC(CO)C2)C(=O)N1c1ccc(OC(F)(F)F)cc1. The Labute approximate surface area is 180 Å². The van der Waals surface area contributed by atoms with Crippen molar-refractivity contribution in [2.75, 3.05) is 24.6 Å². The highest BCUT2D eigenvalue weighted by Gasteiger charge is 2.43. The average Bonchev–Trinajstić information content (AvgIpc) is 3.34. The van der Waals surface area contributed by atoms with Gasteiger partial charge in [0.2, 0.25) is 0 Å². The van der Waals surface area contributed by atoms with E-state index < -0.39 is 23.9 Å². The van der Waals surface area contributed by atoms with E-state index in [-0.39, 0.29) is 29.5 Å². The zero-order valence-corrected chi connectivity index (χ0v) is 17.1. The Hall–Kier alpha value is -2.85. The van der Waals surface area contributed by atoms with Crippen LogP contribution >= 0.6 is 11.3 Å². The number of amides is 2. The van der Waals surface area contributed by atoms with Gasteiger partial charge in [0.05, 0.1) is 11.3 Å². The number of alkyl halides is 3. The first-order valence-electron chi connectivity index (χ1n) is 9.67. The first-order valence-corrected chi connectivity index (χ1v) is 10.5. The molecule has 1 saturated heterocycles. The van der Waals surface area contributed by atoms with Gasteiger partial charge in [-0.1, -0.05) is 6.07 Å². The van der Waals surface area contributed by atoms with Crippen molar-refractivity contribution in [3.63, 3.8) is 0 Å². The van der Waals surface area contributed by atoms with Crippen LogP contribution < -0.4 is 9.64 Å². The first kappa shape index (κ1) is 21.4. The van der Waals surface area contributed by atoms with Crippen LogP contribution in [0.4, 0.5) is 18.9 Å². The Morgan fingerprint density at radius 2 is 1.87 bits per heavy atom. The second kappa shape index (κ2) is 8.35. The van der Waals surface area contributed by atoms with Gasteiger partial charge in [-0.15, -0.1) is 24.5 Å². The molecule has 10 heteroatoms. The molecule has 2 aromatic rings. The molecule has 4 rings (SSSR count). The quantitative estimate of drug-likeness (QED) is 0.702. The number of benzene rings is 1. The molecule has 0 spiro atoms. The lowest BCUT2D eigenvalue weighted by molar-refractivity contribution is -0.274. The number of piperidine rings is 1. The summed E-state index contributed by atoms with van der Waals surface area (Å²) in [7, 11) is 0. The summed E-state index contributed by atoms with van der Waals surface area (Å²) in [5, 5.41) is 11.4. The van der Waals surface area contributed by atoms with Crippen LogP contribution in [0.1, 0.15) is 17.7 Å². The number of halogens is 3. The van der Waals surface area contributed by atoms with E-state index in [0.29, 0.717) is 18.0 Å². The lowest BCUT2D eigenvalue weighted by atomic mass is 9.98. The Morgan fingerprint density at radius 3 is 2.48 bits per heavy atom. The Balaban J connectivity index is 1.68. The van der Waals surface area contributed by atoms with Gasteiger partial charge in [0, 0.05) is 24.6 Å².